The minimum Gasteiger partial charge on any atom is -0.348 e. The Morgan fingerprint density at radius 3 is 2.58 bits per heavy atom. The third-order valence-electron chi connectivity index (χ3n) is 2.65. The Bertz CT molecular complexity index is 598. The van der Waals surface area contributed by atoms with E-state index in [2.05, 4.69) is 23.5 Å². The van der Waals surface area contributed by atoms with Crippen LogP contribution in [0.4, 0.5) is 0 Å². The smallest absolute Gasteiger partial charge is 0.247 e. The van der Waals surface area contributed by atoms with Crippen LogP contribution in [0.2, 0.25) is 0 Å². The number of thiophene rings is 1. The third kappa shape index (κ3) is 3.67. The number of benzene rings is 1. The van der Waals surface area contributed by atoms with Crippen LogP contribution in [0.3, 0.4) is 0 Å². The lowest BCUT2D eigenvalue weighted by atomic mass is 10.1. The number of fused-ring (bicyclic) bond motifs is 1. The van der Waals surface area contributed by atoms with Crippen molar-refractivity contribution in [3.8, 4) is 0 Å². The van der Waals surface area contributed by atoms with Crippen LogP contribution >= 0.6 is 11.3 Å². The summed E-state index contributed by atoms with van der Waals surface area (Å²) in [6.45, 7) is 7.80. The van der Waals surface area contributed by atoms with Gasteiger partial charge in [0, 0.05) is 20.7 Å². The number of rotatable bonds is 2. The average Bonchev–Trinajstić information content (AvgIpc) is 2.68. The molecule has 100 valence electrons. The van der Waals surface area contributed by atoms with Crippen molar-refractivity contribution in [2.75, 3.05) is 0 Å². The van der Waals surface area contributed by atoms with Crippen LogP contribution in [-0.2, 0) is 4.79 Å². The molecule has 0 aliphatic carbocycles. The summed E-state index contributed by atoms with van der Waals surface area (Å²) in [4.78, 5) is 13.1. The molecule has 1 heterocycles. The van der Waals surface area contributed by atoms with E-state index in [4.69, 9.17) is 0 Å². The molecule has 0 atom stereocenters. The van der Waals surface area contributed by atoms with Gasteiger partial charge in [0.25, 0.3) is 0 Å². The highest BCUT2D eigenvalue weighted by Crippen LogP contribution is 2.27. The largest absolute Gasteiger partial charge is 0.348 e. The SMILES string of the molecule is C/C(=C/c1cc2ccccc2s1)C(=O)NC(C)(C)C. The van der Waals surface area contributed by atoms with Gasteiger partial charge >= 0.3 is 0 Å². The van der Waals surface area contributed by atoms with Crippen molar-refractivity contribution < 1.29 is 4.79 Å². The summed E-state index contributed by atoms with van der Waals surface area (Å²) in [6, 6.07) is 10.4. The predicted molar refractivity (Wildman–Crippen MR) is 83.4 cm³/mol. The molecule has 0 radical (unpaired) electrons. The molecule has 2 rings (SSSR count). The van der Waals surface area contributed by atoms with Crippen LogP contribution in [-0.4, -0.2) is 11.4 Å². The summed E-state index contributed by atoms with van der Waals surface area (Å²) >= 11 is 1.70. The molecular formula is C16H19NOS. The average molecular weight is 273 g/mol. The lowest BCUT2D eigenvalue weighted by Crippen LogP contribution is -2.40. The fraction of sp³-hybridized carbons (Fsp3) is 0.312. The zero-order valence-electron chi connectivity index (χ0n) is 11.8. The quantitative estimate of drug-likeness (QED) is 0.816. The topological polar surface area (TPSA) is 29.1 Å². The van der Waals surface area contributed by atoms with Gasteiger partial charge in [0.15, 0.2) is 0 Å². The maximum atomic E-state index is 12.0. The number of hydrogen-bond acceptors (Lipinski definition) is 2. The molecule has 0 spiro atoms. The van der Waals surface area contributed by atoms with E-state index in [1.807, 2.05) is 45.9 Å². The van der Waals surface area contributed by atoms with Crippen molar-refractivity contribution >= 4 is 33.4 Å². The number of nitrogens with one attached hydrogen (secondary N) is 1. The van der Waals surface area contributed by atoms with Gasteiger partial charge in [0.2, 0.25) is 5.91 Å². The molecule has 0 fully saturated rings. The van der Waals surface area contributed by atoms with Crippen LogP contribution in [0.25, 0.3) is 16.2 Å². The molecule has 0 saturated carbocycles. The van der Waals surface area contributed by atoms with E-state index in [0.29, 0.717) is 0 Å². The first-order valence-corrected chi connectivity index (χ1v) is 7.16. The van der Waals surface area contributed by atoms with Gasteiger partial charge in [-0.2, -0.15) is 0 Å². The molecular weight excluding hydrogens is 254 g/mol. The lowest BCUT2D eigenvalue weighted by Gasteiger charge is -2.20. The van der Waals surface area contributed by atoms with Crippen LogP contribution < -0.4 is 5.32 Å². The summed E-state index contributed by atoms with van der Waals surface area (Å²) in [5.41, 5.74) is 0.535. The van der Waals surface area contributed by atoms with Gasteiger partial charge in [-0.15, -0.1) is 11.3 Å². The molecule has 3 heteroatoms. The minimum absolute atomic E-state index is 0.00930. The van der Waals surface area contributed by atoms with Crippen molar-refractivity contribution in [3.63, 3.8) is 0 Å². The molecule has 1 aromatic heterocycles. The van der Waals surface area contributed by atoms with Crippen LogP contribution in [0, 0.1) is 0 Å². The fourth-order valence-corrected chi connectivity index (χ4v) is 2.86. The van der Waals surface area contributed by atoms with Gasteiger partial charge in [-0.05, 0) is 51.3 Å². The molecule has 2 nitrogen and oxygen atoms in total. The molecule has 0 saturated heterocycles. The Morgan fingerprint density at radius 1 is 1.26 bits per heavy atom. The molecule has 0 aliphatic rings. The van der Waals surface area contributed by atoms with E-state index >= 15 is 0 Å². The third-order valence-corrected chi connectivity index (χ3v) is 3.71. The summed E-state index contributed by atoms with van der Waals surface area (Å²) in [7, 11) is 0. The monoisotopic (exact) mass is 273 g/mol. The number of carbonyl (C=O) groups excluding carboxylic acids is 1. The normalized spacial score (nSPS) is 12.7. The Balaban J connectivity index is 2.22. The predicted octanol–water partition coefficient (Wildman–Crippen LogP) is 4.22. The zero-order chi connectivity index (χ0) is 14.0. The first kappa shape index (κ1) is 13.8. The Kier molecular flexibility index (Phi) is 3.76. The first-order valence-electron chi connectivity index (χ1n) is 6.34. The number of hydrogen-bond donors (Lipinski definition) is 1. The maximum absolute atomic E-state index is 12.0. The van der Waals surface area contributed by atoms with Crippen molar-refractivity contribution in [1.29, 1.82) is 0 Å². The molecule has 0 unspecified atom stereocenters. The van der Waals surface area contributed by atoms with E-state index in [9.17, 15) is 4.79 Å². The summed E-state index contributed by atoms with van der Waals surface area (Å²) in [6.07, 6.45) is 1.95. The zero-order valence-corrected chi connectivity index (χ0v) is 12.6. The van der Waals surface area contributed by atoms with E-state index < -0.39 is 0 Å². The molecule has 2 aromatic rings. The van der Waals surface area contributed by atoms with Crippen molar-refractivity contribution in [2.45, 2.75) is 33.2 Å². The van der Waals surface area contributed by atoms with Crippen molar-refractivity contribution in [3.05, 3.63) is 40.8 Å². The molecule has 0 bridgehead atoms. The molecule has 1 amide bonds. The standard InChI is InChI=1S/C16H19NOS/c1-11(15(18)17-16(2,3)4)9-13-10-12-7-5-6-8-14(12)19-13/h5-10H,1-4H3,(H,17,18)/b11-9-. The van der Waals surface area contributed by atoms with E-state index in [1.54, 1.807) is 11.3 Å². The molecule has 19 heavy (non-hydrogen) atoms. The Hall–Kier alpha value is -1.61. The Labute approximate surface area is 118 Å². The molecule has 0 aliphatic heterocycles. The van der Waals surface area contributed by atoms with E-state index in [-0.39, 0.29) is 11.4 Å². The first-order chi connectivity index (χ1) is 8.85. The summed E-state index contributed by atoms with van der Waals surface area (Å²) in [5, 5.41) is 4.20. The van der Waals surface area contributed by atoms with Crippen LogP contribution in [0.15, 0.2) is 35.9 Å². The highest BCUT2D eigenvalue weighted by molar-refractivity contribution is 7.19. The van der Waals surface area contributed by atoms with E-state index in [0.717, 1.165) is 10.5 Å². The van der Waals surface area contributed by atoms with Gasteiger partial charge in [-0.3, -0.25) is 4.79 Å². The van der Waals surface area contributed by atoms with Gasteiger partial charge in [-0.1, -0.05) is 18.2 Å². The second-order valence-electron chi connectivity index (χ2n) is 5.72. The maximum Gasteiger partial charge on any atom is 0.247 e. The van der Waals surface area contributed by atoms with Crippen molar-refractivity contribution in [1.82, 2.24) is 5.32 Å². The van der Waals surface area contributed by atoms with Crippen molar-refractivity contribution in [2.24, 2.45) is 0 Å². The minimum atomic E-state index is -0.202. The summed E-state index contributed by atoms with van der Waals surface area (Å²) < 4.78 is 1.25. The van der Waals surface area contributed by atoms with E-state index in [1.165, 1.54) is 10.1 Å². The highest BCUT2D eigenvalue weighted by Gasteiger charge is 2.14. The fourth-order valence-electron chi connectivity index (χ4n) is 1.79. The highest BCUT2D eigenvalue weighted by atomic mass is 32.1. The summed E-state index contributed by atoms with van der Waals surface area (Å²) in [5.74, 6) is -0.00930. The van der Waals surface area contributed by atoms with Gasteiger partial charge in [-0.25, -0.2) is 0 Å². The van der Waals surface area contributed by atoms with Gasteiger partial charge in [0.05, 0.1) is 0 Å². The van der Waals surface area contributed by atoms with Gasteiger partial charge in [0.1, 0.15) is 0 Å². The second-order valence-corrected chi connectivity index (χ2v) is 6.83. The molecule has 1 aromatic carbocycles. The second kappa shape index (κ2) is 5.17. The molecule has 1 N–H and O–H groups in total. The number of amides is 1. The number of carbonyl (C=O) groups is 1. The van der Waals surface area contributed by atoms with Crippen LogP contribution in [0.5, 0.6) is 0 Å². The lowest BCUT2D eigenvalue weighted by molar-refractivity contribution is -0.118. The van der Waals surface area contributed by atoms with Gasteiger partial charge < -0.3 is 5.32 Å². The van der Waals surface area contributed by atoms with Crippen LogP contribution in [0.1, 0.15) is 32.6 Å². The Morgan fingerprint density at radius 2 is 1.95 bits per heavy atom.